The molecule has 0 aliphatic heterocycles. The summed E-state index contributed by atoms with van der Waals surface area (Å²) in [4.78, 5) is 37.8. The molecule has 1 heterocycles. The number of benzene rings is 2. The zero-order valence-electron chi connectivity index (χ0n) is 17.5. The van der Waals surface area contributed by atoms with E-state index in [0.717, 1.165) is 22.4 Å². The van der Waals surface area contributed by atoms with Crippen LogP contribution in [-0.2, 0) is 4.79 Å². The largest absolute Gasteiger partial charge is 0.451 e. The average Bonchev–Trinajstić information content (AvgIpc) is 3.20. The lowest BCUT2D eigenvalue weighted by atomic mass is 10.1. The number of Topliss-reactive ketones (excluding diaryl/α,β-unsaturated/α-hetero) is 1. The van der Waals surface area contributed by atoms with Crippen LogP contribution in [0.4, 0.5) is 5.69 Å². The van der Waals surface area contributed by atoms with Gasteiger partial charge in [-0.05, 0) is 44.0 Å². The first-order valence-corrected chi connectivity index (χ1v) is 9.59. The zero-order valence-corrected chi connectivity index (χ0v) is 17.5. The van der Waals surface area contributed by atoms with Gasteiger partial charge in [0.1, 0.15) is 5.76 Å². The van der Waals surface area contributed by atoms with Gasteiger partial charge in [-0.3, -0.25) is 14.4 Å². The van der Waals surface area contributed by atoms with Crippen molar-refractivity contribution in [2.75, 3.05) is 18.9 Å². The van der Waals surface area contributed by atoms with Gasteiger partial charge >= 0.3 is 0 Å². The van der Waals surface area contributed by atoms with E-state index in [2.05, 4.69) is 5.32 Å². The van der Waals surface area contributed by atoms with E-state index in [4.69, 9.17) is 4.42 Å². The minimum absolute atomic E-state index is 0.0161. The van der Waals surface area contributed by atoms with Crippen molar-refractivity contribution in [3.63, 3.8) is 0 Å². The Balaban J connectivity index is 1.66. The summed E-state index contributed by atoms with van der Waals surface area (Å²) in [5.74, 6) is -0.0318. The SMILES string of the molecule is CC(=O)c1ccc(-c2ccc(C(=O)N(C)CC(=O)Nc3c(C)cccc3C)o2)cc1. The predicted octanol–water partition coefficient (Wildman–Crippen LogP) is 4.48. The summed E-state index contributed by atoms with van der Waals surface area (Å²) in [5, 5.41) is 2.87. The third-order valence-corrected chi connectivity index (χ3v) is 4.87. The summed E-state index contributed by atoms with van der Waals surface area (Å²) in [6, 6.07) is 16.0. The van der Waals surface area contributed by atoms with Gasteiger partial charge in [-0.15, -0.1) is 0 Å². The van der Waals surface area contributed by atoms with Crippen LogP contribution in [0.3, 0.4) is 0 Å². The highest BCUT2D eigenvalue weighted by Gasteiger charge is 2.19. The second-order valence-electron chi connectivity index (χ2n) is 7.27. The molecule has 0 fully saturated rings. The molecule has 0 bridgehead atoms. The molecular formula is C24H24N2O4. The van der Waals surface area contributed by atoms with Gasteiger partial charge in [0.25, 0.3) is 5.91 Å². The number of furan rings is 1. The van der Waals surface area contributed by atoms with Gasteiger partial charge in [0.15, 0.2) is 11.5 Å². The summed E-state index contributed by atoms with van der Waals surface area (Å²) in [6.45, 7) is 5.25. The van der Waals surface area contributed by atoms with Crippen LogP contribution in [0, 0.1) is 13.8 Å². The quantitative estimate of drug-likeness (QED) is 0.615. The molecule has 6 nitrogen and oxygen atoms in total. The number of hydrogen-bond acceptors (Lipinski definition) is 4. The molecule has 0 aliphatic carbocycles. The molecule has 3 rings (SSSR count). The van der Waals surface area contributed by atoms with E-state index in [1.54, 1.807) is 43.4 Å². The summed E-state index contributed by atoms with van der Waals surface area (Å²) in [5.41, 5.74) is 4.05. The molecule has 0 spiro atoms. The van der Waals surface area contributed by atoms with Gasteiger partial charge in [0.05, 0.1) is 6.54 Å². The lowest BCUT2D eigenvalue weighted by Crippen LogP contribution is -2.35. The average molecular weight is 404 g/mol. The van der Waals surface area contributed by atoms with Crippen LogP contribution in [0.15, 0.2) is 59.0 Å². The Hall–Kier alpha value is -3.67. The molecule has 1 N–H and O–H groups in total. The summed E-state index contributed by atoms with van der Waals surface area (Å²) >= 11 is 0. The topological polar surface area (TPSA) is 79.6 Å². The highest BCUT2D eigenvalue weighted by Crippen LogP contribution is 2.24. The molecule has 30 heavy (non-hydrogen) atoms. The summed E-state index contributed by atoms with van der Waals surface area (Å²) < 4.78 is 5.68. The Labute approximate surface area is 175 Å². The van der Waals surface area contributed by atoms with Crippen LogP contribution in [-0.4, -0.2) is 36.1 Å². The third kappa shape index (κ3) is 4.66. The number of aryl methyl sites for hydroxylation is 2. The molecule has 0 radical (unpaired) electrons. The van der Waals surface area contributed by atoms with Gasteiger partial charge in [0.2, 0.25) is 5.91 Å². The minimum Gasteiger partial charge on any atom is -0.451 e. The number of para-hydroxylation sites is 1. The van der Waals surface area contributed by atoms with Crippen LogP contribution in [0.5, 0.6) is 0 Å². The fourth-order valence-electron chi connectivity index (χ4n) is 3.14. The number of ketones is 1. The fourth-order valence-corrected chi connectivity index (χ4v) is 3.14. The Kier molecular flexibility index (Phi) is 6.16. The van der Waals surface area contributed by atoms with Gasteiger partial charge in [-0.1, -0.05) is 42.5 Å². The Morgan fingerprint density at radius 2 is 1.57 bits per heavy atom. The van der Waals surface area contributed by atoms with E-state index in [1.807, 2.05) is 32.0 Å². The van der Waals surface area contributed by atoms with Crippen molar-refractivity contribution in [1.29, 1.82) is 0 Å². The van der Waals surface area contributed by atoms with E-state index in [0.29, 0.717) is 11.3 Å². The van der Waals surface area contributed by atoms with Crippen LogP contribution in [0.2, 0.25) is 0 Å². The standard InChI is InChI=1S/C24H24N2O4/c1-15-6-5-7-16(2)23(15)25-22(28)14-26(4)24(29)21-13-12-20(30-21)19-10-8-18(9-11-19)17(3)27/h5-13H,14H2,1-4H3,(H,25,28). The van der Waals surface area contributed by atoms with Crippen LogP contribution in [0.25, 0.3) is 11.3 Å². The molecule has 6 heteroatoms. The summed E-state index contributed by atoms with van der Waals surface area (Å²) in [6.07, 6.45) is 0. The molecule has 2 aromatic carbocycles. The second kappa shape index (κ2) is 8.78. The molecule has 0 saturated carbocycles. The smallest absolute Gasteiger partial charge is 0.289 e. The highest BCUT2D eigenvalue weighted by atomic mass is 16.4. The number of carbonyl (C=O) groups excluding carboxylic acids is 3. The van der Waals surface area contributed by atoms with E-state index in [-0.39, 0.29) is 24.0 Å². The van der Waals surface area contributed by atoms with Gasteiger partial charge in [-0.2, -0.15) is 0 Å². The molecule has 0 saturated heterocycles. The van der Waals surface area contributed by atoms with Crippen molar-refractivity contribution in [3.8, 4) is 11.3 Å². The first kappa shape index (κ1) is 21.0. The van der Waals surface area contributed by atoms with Crippen molar-refractivity contribution in [2.45, 2.75) is 20.8 Å². The number of likely N-dealkylation sites (N-methyl/N-ethyl adjacent to an activating group) is 1. The maximum atomic E-state index is 12.7. The minimum atomic E-state index is -0.390. The zero-order chi connectivity index (χ0) is 21.8. The number of amides is 2. The Morgan fingerprint density at radius 3 is 2.17 bits per heavy atom. The van der Waals surface area contributed by atoms with Gasteiger partial charge in [0, 0.05) is 23.9 Å². The van der Waals surface area contributed by atoms with Crippen molar-refractivity contribution in [3.05, 3.63) is 77.0 Å². The number of nitrogens with zero attached hydrogens (tertiary/aromatic N) is 1. The third-order valence-electron chi connectivity index (χ3n) is 4.87. The van der Waals surface area contributed by atoms with Gasteiger partial charge in [-0.25, -0.2) is 0 Å². The first-order chi connectivity index (χ1) is 14.3. The summed E-state index contributed by atoms with van der Waals surface area (Å²) in [7, 11) is 1.55. The first-order valence-electron chi connectivity index (χ1n) is 9.59. The number of nitrogens with one attached hydrogen (secondary N) is 1. The molecule has 154 valence electrons. The second-order valence-corrected chi connectivity index (χ2v) is 7.27. The highest BCUT2D eigenvalue weighted by molar-refractivity contribution is 5.99. The Bertz CT molecular complexity index is 1080. The molecule has 0 atom stereocenters. The maximum absolute atomic E-state index is 12.7. The van der Waals surface area contributed by atoms with E-state index < -0.39 is 5.91 Å². The van der Waals surface area contributed by atoms with E-state index >= 15 is 0 Å². The normalized spacial score (nSPS) is 10.5. The monoisotopic (exact) mass is 404 g/mol. The van der Waals surface area contributed by atoms with Crippen LogP contribution >= 0.6 is 0 Å². The molecule has 2 amide bonds. The number of carbonyl (C=O) groups is 3. The lowest BCUT2D eigenvalue weighted by Gasteiger charge is -2.17. The van der Waals surface area contributed by atoms with Crippen molar-refractivity contribution in [1.82, 2.24) is 4.90 Å². The van der Waals surface area contributed by atoms with Crippen molar-refractivity contribution < 1.29 is 18.8 Å². The molecule has 0 aliphatic rings. The van der Waals surface area contributed by atoms with Crippen LogP contribution < -0.4 is 5.32 Å². The number of hydrogen-bond donors (Lipinski definition) is 1. The predicted molar refractivity (Wildman–Crippen MR) is 116 cm³/mol. The number of anilines is 1. The molecule has 3 aromatic rings. The lowest BCUT2D eigenvalue weighted by molar-refractivity contribution is -0.116. The van der Waals surface area contributed by atoms with Gasteiger partial charge < -0.3 is 14.6 Å². The molecular weight excluding hydrogens is 380 g/mol. The van der Waals surface area contributed by atoms with Crippen molar-refractivity contribution in [2.24, 2.45) is 0 Å². The Morgan fingerprint density at radius 1 is 0.933 bits per heavy atom. The molecule has 1 aromatic heterocycles. The number of rotatable bonds is 6. The van der Waals surface area contributed by atoms with E-state index in [1.165, 1.54) is 11.8 Å². The van der Waals surface area contributed by atoms with Crippen molar-refractivity contribution >= 4 is 23.3 Å². The van der Waals surface area contributed by atoms with E-state index in [9.17, 15) is 14.4 Å². The maximum Gasteiger partial charge on any atom is 0.289 e. The van der Waals surface area contributed by atoms with Crippen LogP contribution in [0.1, 0.15) is 39.0 Å². The fraction of sp³-hybridized carbons (Fsp3) is 0.208. The molecule has 0 unspecified atom stereocenters.